The van der Waals surface area contributed by atoms with Crippen LogP contribution in [-0.2, 0) is 0 Å². The van der Waals surface area contributed by atoms with Crippen LogP contribution >= 0.6 is 0 Å². The number of rotatable bonds is 11. The van der Waals surface area contributed by atoms with Crippen molar-refractivity contribution < 1.29 is 8.83 Å². The van der Waals surface area contributed by atoms with Crippen LogP contribution in [0.4, 0.5) is 0 Å². The summed E-state index contributed by atoms with van der Waals surface area (Å²) in [7, 11) is 0. The Labute approximate surface area is 845 Å². The average Bonchev–Trinajstić information content (AvgIpc) is 1.57. The minimum Gasteiger partial charge on any atom is -0.454 e. The molecule has 0 saturated carbocycles. The predicted octanol–water partition coefficient (Wildman–Crippen LogP) is 37.3. The van der Waals surface area contributed by atoms with Gasteiger partial charge in [-0.05, 0) is 254 Å². The second-order valence-electron chi connectivity index (χ2n) is 38.8. The van der Waals surface area contributed by atoms with Gasteiger partial charge in [0.15, 0.2) is 11.2 Å². The molecule has 0 amide bonds. The van der Waals surface area contributed by atoms with Crippen molar-refractivity contribution in [3.8, 4) is 89.8 Å². The van der Waals surface area contributed by atoms with Gasteiger partial charge in [-0.25, -0.2) is 0 Å². The third kappa shape index (κ3) is 13.3. The van der Waals surface area contributed by atoms with Gasteiger partial charge in [-0.15, -0.1) is 0 Å². The Kier molecular flexibility index (Phi) is 19.0. The van der Waals surface area contributed by atoms with Crippen molar-refractivity contribution in [3.63, 3.8) is 0 Å². The van der Waals surface area contributed by atoms with E-state index in [0.717, 1.165) is 77.5 Å². The van der Waals surface area contributed by atoms with E-state index in [4.69, 9.17) is 8.83 Å². The van der Waals surface area contributed by atoms with Crippen molar-refractivity contribution in [1.29, 1.82) is 0 Å². The molecule has 1 atom stereocenters. The monoisotopic (exact) mass is 1870 g/mol. The molecule has 8 nitrogen and oxygen atoms in total. The summed E-state index contributed by atoms with van der Waals surface area (Å²) in [4.78, 5) is 0. The largest absolute Gasteiger partial charge is 0.454 e. The average molecular weight is 1870 g/mol. The van der Waals surface area contributed by atoms with Crippen LogP contribution in [0.25, 0.3) is 264 Å². The SMILES string of the molecule is c1ccc(-c2cccc(-n3c4ccccc4c4cc(-c5ccc6c(c5)c5ccccc5n6-c5cccc6c5oc5ccccc56)ccc43)c2)cc1.c1ccc(-n2c3ccccc3c3cc(-c4ccc5c(c4)c4ccccc4n5-c4cccc5c4oc4ccccc45)ccc32)cc1.c1ccc(C2c3ccccc3-c3cc(-n4c5ccccc5c5cc(-c6ccc7c(c6)c6ccccc6n7-c6ccccc6)ccc54)ccc32)cc1. The number of aromatic nitrogens is 6. The second kappa shape index (κ2) is 33.6. The summed E-state index contributed by atoms with van der Waals surface area (Å²) in [6, 6.07) is 191. The Balaban J connectivity index is 0.000000102. The normalized spacial score (nSPS) is 12.6. The quantitative estimate of drug-likeness (QED) is 0.130. The fourth-order valence-electron chi connectivity index (χ4n) is 24.3. The van der Waals surface area contributed by atoms with Gasteiger partial charge in [0.2, 0.25) is 0 Å². The zero-order chi connectivity index (χ0) is 96.4. The summed E-state index contributed by atoms with van der Waals surface area (Å²) in [6.07, 6.45) is 0. The van der Waals surface area contributed by atoms with E-state index in [1.54, 1.807) is 0 Å². The van der Waals surface area contributed by atoms with Gasteiger partial charge in [0.25, 0.3) is 0 Å². The van der Waals surface area contributed by atoms with Crippen LogP contribution in [0.15, 0.2) is 537 Å². The molecule has 1 unspecified atom stereocenters. The van der Waals surface area contributed by atoms with E-state index in [0.29, 0.717) is 0 Å². The molecule has 0 radical (unpaired) electrons. The molecule has 0 spiro atoms. The van der Waals surface area contributed by atoms with E-state index >= 15 is 0 Å². The van der Waals surface area contributed by atoms with Crippen LogP contribution in [0.5, 0.6) is 0 Å². The fourth-order valence-corrected chi connectivity index (χ4v) is 24.3. The number of hydrogen-bond acceptors (Lipinski definition) is 2. The van der Waals surface area contributed by atoms with Gasteiger partial charge in [-0.3, -0.25) is 0 Å². The number of furan rings is 2. The maximum atomic E-state index is 6.51. The molecule has 23 aromatic carbocycles. The Bertz CT molecular complexity index is 10800. The second-order valence-corrected chi connectivity index (χ2v) is 38.8. The zero-order valence-corrected chi connectivity index (χ0v) is 79.8. The lowest BCUT2D eigenvalue weighted by molar-refractivity contribution is 0.666. The lowest BCUT2D eigenvalue weighted by Crippen LogP contribution is -1.99. The van der Waals surface area contributed by atoms with Crippen molar-refractivity contribution in [2.75, 3.05) is 0 Å². The summed E-state index contributed by atoms with van der Waals surface area (Å²) >= 11 is 0. The number of hydrogen-bond donors (Lipinski definition) is 0. The molecule has 0 N–H and O–H groups in total. The Morgan fingerprint density at radius 3 is 0.803 bits per heavy atom. The molecule has 1 aliphatic rings. The molecular formula is C139H88N6O2. The molecule has 686 valence electrons. The van der Waals surface area contributed by atoms with Crippen LogP contribution < -0.4 is 0 Å². The molecule has 147 heavy (non-hydrogen) atoms. The third-order valence-electron chi connectivity index (χ3n) is 30.8. The molecule has 8 heterocycles. The maximum absolute atomic E-state index is 6.51. The van der Waals surface area contributed by atoms with Gasteiger partial charge < -0.3 is 36.2 Å². The topological polar surface area (TPSA) is 55.9 Å². The Hall–Kier alpha value is -19.5. The standard InChI is InChI=1S/C49H32N2.C48H30N2O.C42H26N2O/c1-3-13-32(14-4-1)49-40-20-8-7-17-37(40)42-31-36(25-26-41(42)49)51-46-22-12-10-19-39(46)44-30-34(24-28-48(44)51)33-23-27-47-43(29-33)38-18-9-11-21-45(38)50(47)35-15-5-2-6-16-35;1-2-12-31(13-3-1)32-14-10-15-35(28-32)49-42-20-7-4-16-36(42)40-29-33(24-26-44(40)49)34-25-27-45-41(30-34)37-17-5-8-21-43(37)50(45)46-22-11-19-39-38-18-6-9-23-47(38)51-48(39)46;1-2-11-29(12-3-1)43-36-17-7-4-13-30(36)34-25-27(21-23-38(34)43)28-22-24-39-35(26-28)31-14-5-8-18-37(31)44(39)40-19-10-16-33-32-15-6-9-20-41(32)45-42(33)40/h1-31,49H;1-30H;1-26H. The minimum atomic E-state index is 0.242. The van der Waals surface area contributed by atoms with E-state index < -0.39 is 0 Å². The Morgan fingerprint density at radius 1 is 0.143 bits per heavy atom. The highest BCUT2D eigenvalue weighted by atomic mass is 16.3. The molecular weight excluding hydrogens is 1790 g/mol. The van der Waals surface area contributed by atoms with Crippen LogP contribution in [-0.4, -0.2) is 27.4 Å². The molecule has 0 saturated heterocycles. The summed E-state index contributed by atoms with van der Waals surface area (Å²) in [6.45, 7) is 0. The molecule has 0 bridgehead atoms. The highest BCUT2D eigenvalue weighted by Gasteiger charge is 2.32. The van der Waals surface area contributed by atoms with Gasteiger partial charge in [0.05, 0.1) is 77.6 Å². The number of nitrogens with zero attached hydrogens (tertiary/aromatic N) is 6. The Morgan fingerprint density at radius 2 is 0.408 bits per heavy atom. The van der Waals surface area contributed by atoms with Crippen molar-refractivity contribution in [2.45, 2.75) is 5.92 Å². The molecule has 1 aliphatic carbocycles. The number of benzene rings is 23. The summed E-state index contributed by atoms with van der Waals surface area (Å²) in [5, 5.41) is 19.5. The van der Waals surface area contributed by atoms with Gasteiger partial charge in [-0.1, -0.05) is 346 Å². The molecule has 0 fully saturated rings. The first kappa shape index (κ1) is 83.3. The molecule has 8 heteroatoms. The lowest BCUT2D eigenvalue weighted by atomic mass is 9.89. The van der Waals surface area contributed by atoms with Crippen LogP contribution in [0.1, 0.15) is 22.6 Å². The zero-order valence-electron chi connectivity index (χ0n) is 79.8. The van der Waals surface area contributed by atoms with E-state index in [-0.39, 0.29) is 5.92 Å². The predicted molar refractivity (Wildman–Crippen MR) is 614 cm³/mol. The van der Waals surface area contributed by atoms with Crippen LogP contribution in [0, 0.1) is 0 Å². The van der Waals surface area contributed by atoms with E-state index in [1.807, 2.05) is 24.3 Å². The van der Waals surface area contributed by atoms with E-state index in [9.17, 15) is 0 Å². The van der Waals surface area contributed by atoms with Crippen LogP contribution in [0.2, 0.25) is 0 Å². The van der Waals surface area contributed by atoms with Crippen molar-refractivity contribution >= 4 is 175 Å². The van der Waals surface area contributed by atoms with E-state index in [1.165, 1.54) is 204 Å². The van der Waals surface area contributed by atoms with Crippen molar-refractivity contribution in [1.82, 2.24) is 27.4 Å². The van der Waals surface area contributed by atoms with E-state index in [2.05, 4.69) is 531 Å². The smallest absolute Gasteiger partial charge is 0.159 e. The number of para-hydroxylation sites is 12. The first-order valence-electron chi connectivity index (χ1n) is 50.5. The summed E-state index contributed by atoms with van der Waals surface area (Å²) in [5.74, 6) is 0.242. The van der Waals surface area contributed by atoms with Gasteiger partial charge >= 0.3 is 0 Å². The highest BCUT2D eigenvalue weighted by molar-refractivity contribution is 6.19. The minimum absolute atomic E-state index is 0.242. The van der Waals surface area contributed by atoms with Crippen LogP contribution in [0.3, 0.4) is 0 Å². The lowest BCUT2D eigenvalue weighted by Gasteiger charge is -2.15. The maximum Gasteiger partial charge on any atom is 0.159 e. The summed E-state index contributed by atoms with van der Waals surface area (Å²) < 4.78 is 27.3. The third-order valence-corrected chi connectivity index (χ3v) is 30.8. The summed E-state index contributed by atoms with van der Waals surface area (Å²) in [5.41, 5.74) is 41.2. The molecule has 0 aliphatic heterocycles. The first-order valence-corrected chi connectivity index (χ1v) is 50.5. The van der Waals surface area contributed by atoms with Crippen molar-refractivity contribution in [3.05, 3.63) is 544 Å². The molecule has 8 aromatic heterocycles. The number of fused-ring (bicyclic) bond motifs is 27. The fraction of sp³-hybridized carbons (Fsp3) is 0.00719. The molecule has 31 aromatic rings. The van der Waals surface area contributed by atoms with Crippen molar-refractivity contribution in [2.24, 2.45) is 0 Å². The first-order chi connectivity index (χ1) is 72.9. The molecule has 32 rings (SSSR count). The van der Waals surface area contributed by atoms with Gasteiger partial charge in [-0.2, -0.15) is 0 Å². The van der Waals surface area contributed by atoms with Gasteiger partial charge in [0, 0.05) is 115 Å². The van der Waals surface area contributed by atoms with Gasteiger partial charge in [0.1, 0.15) is 11.2 Å². The highest BCUT2D eigenvalue weighted by Crippen LogP contribution is 2.52.